The molecule has 178 valence electrons. The lowest BCUT2D eigenvalue weighted by atomic mass is 9.94. The largest absolute Gasteiger partial charge is 0.385 e. The third-order valence-corrected chi connectivity index (χ3v) is 6.38. The number of para-hydroxylation sites is 1. The normalized spacial score (nSPS) is 15.2. The zero-order valence-corrected chi connectivity index (χ0v) is 20.8. The van der Waals surface area contributed by atoms with Gasteiger partial charge in [0.15, 0.2) is 0 Å². The van der Waals surface area contributed by atoms with Crippen LogP contribution >= 0.6 is 28.1 Å². The van der Waals surface area contributed by atoms with Gasteiger partial charge in [0.25, 0.3) is 0 Å². The Morgan fingerprint density at radius 1 is 0.970 bits per heavy atom. The van der Waals surface area contributed by atoms with Crippen LogP contribution in [0.4, 0.5) is 0 Å². The first kappa shape index (κ1) is 25.8. The lowest BCUT2D eigenvalue weighted by Gasteiger charge is -2.27. The van der Waals surface area contributed by atoms with Crippen LogP contribution in [-0.4, -0.2) is 47.9 Å². The summed E-state index contributed by atoms with van der Waals surface area (Å²) in [6.07, 6.45) is 1.78. The molecule has 0 aliphatic carbocycles. The number of hydrogen-bond donors (Lipinski definition) is 1. The van der Waals surface area contributed by atoms with Gasteiger partial charge in [-0.3, -0.25) is 9.13 Å². The molecule has 1 N–H and O–H groups in total. The average Bonchev–Trinajstić information content (AvgIpc) is 3.25. The average molecular weight is 515 g/mol. The highest BCUT2D eigenvalue weighted by molar-refractivity contribution is 7.33. The van der Waals surface area contributed by atoms with Gasteiger partial charge in [-0.1, -0.05) is 41.9 Å². The molecule has 3 rings (SSSR count). The van der Waals surface area contributed by atoms with Crippen molar-refractivity contribution in [2.75, 3.05) is 27.4 Å². The Labute approximate surface area is 198 Å². The van der Waals surface area contributed by atoms with Crippen LogP contribution in [-0.2, 0) is 33.6 Å². The fraction of sp³-hybridized carbons (Fsp3) is 0.286. The van der Waals surface area contributed by atoms with E-state index in [0.717, 1.165) is 11.3 Å². The molecular weight excluding hydrogens is 490 g/mol. The molecule has 0 aliphatic heterocycles. The summed E-state index contributed by atoms with van der Waals surface area (Å²) >= 11 is 6.04. The summed E-state index contributed by atoms with van der Waals surface area (Å²) < 4.78 is 44.8. The van der Waals surface area contributed by atoms with E-state index in [1.807, 2.05) is 42.5 Å². The van der Waals surface area contributed by atoms with Gasteiger partial charge in [0.05, 0.1) is 24.6 Å². The van der Waals surface area contributed by atoms with E-state index >= 15 is 0 Å². The van der Waals surface area contributed by atoms with Gasteiger partial charge in [-0.15, -0.1) is 0 Å². The Kier molecular flexibility index (Phi) is 9.44. The predicted octanol–water partition coefficient (Wildman–Crippen LogP) is 4.57. The first-order valence-corrected chi connectivity index (χ1v) is 12.7. The first-order valence-electron chi connectivity index (χ1n) is 9.87. The molecule has 0 spiro atoms. The molecule has 0 aliphatic rings. The van der Waals surface area contributed by atoms with Gasteiger partial charge in [-0.05, 0) is 24.3 Å². The number of hydrogen-bond acceptors (Lipinski definition) is 8. The van der Waals surface area contributed by atoms with Crippen molar-refractivity contribution in [3.8, 4) is 16.9 Å². The molecule has 33 heavy (non-hydrogen) atoms. The summed E-state index contributed by atoms with van der Waals surface area (Å²) in [5.41, 5.74) is 1.18. The van der Waals surface area contributed by atoms with Gasteiger partial charge in [-0.2, -0.15) is 5.10 Å². The summed E-state index contributed by atoms with van der Waals surface area (Å²) in [6.45, 7) is -0.762. The van der Waals surface area contributed by atoms with Gasteiger partial charge in [0, 0.05) is 43.0 Å². The maximum atomic E-state index is 11.7. The minimum absolute atomic E-state index is 0.00445. The SMILES string of the molecule is CO[PH](=O)OCC(O)(CO[PH](=O)OC)Cc1cn(-c2ccccc2)nc1-c1ccc(Cl)cc1. The molecule has 0 amide bonds. The number of nitrogens with zero attached hydrogens (tertiary/aromatic N) is 2. The van der Waals surface area contributed by atoms with Crippen molar-refractivity contribution in [3.05, 3.63) is 71.4 Å². The quantitative estimate of drug-likeness (QED) is 0.350. The van der Waals surface area contributed by atoms with Crippen LogP contribution in [0.25, 0.3) is 16.9 Å². The maximum absolute atomic E-state index is 11.7. The molecule has 3 aromatic rings. The molecule has 1 heterocycles. The molecule has 0 radical (unpaired) electrons. The summed E-state index contributed by atoms with van der Waals surface area (Å²) in [6, 6.07) is 16.6. The van der Waals surface area contributed by atoms with Crippen LogP contribution in [0.2, 0.25) is 5.02 Å². The highest BCUT2D eigenvalue weighted by Crippen LogP contribution is 2.32. The van der Waals surface area contributed by atoms with Gasteiger partial charge in [0.1, 0.15) is 5.60 Å². The van der Waals surface area contributed by atoms with Crippen LogP contribution in [0.15, 0.2) is 60.8 Å². The molecule has 12 heteroatoms. The van der Waals surface area contributed by atoms with Crippen LogP contribution in [0.1, 0.15) is 5.56 Å². The Morgan fingerprint density at radius 2 is 1.55 bits per heavy atom. The van der Waals surface area contributed by atoms with Crippen LogP contribution in [0.3, 0.4) is 0 Å². The molecular formula is C21H25ClN2O7P2. The standard InChI is InChI=1S/C21H25ClN2O7P2/c1-28-32(26)30-14-21(25,15-31-33(27)29-2)12-17-13-24(19-6-4-3-5-7-19)23-20(17)16-8-10-18(22)11-9-16/h3-11,13,25,32-33H,12,14-15H2,1-2H3. The monoisotopic (exact) mass is 514 g/mol. The van der Waals surface area contributed by atoms with Crippen LogP contribution < -0.4 is 0 Å². The van der Waals surface area contributed by atoms with Crippen molar-refractivity contribution in [2.45, 2.75) is 12.0 Å². The lowest BCUT2D eigenvalue weighted by molar-refractivity contribution is -0.0412. The van der Waals surface area contributed by atoms with Gasteiger partial charge < -0.3 is 23.2 Å². The minimum atomic E-state index is -2.80. The van der Waals surface area contributed by atoms with Crippen LogP contribution in [0, 0.1) is 0 Å². The lowest BCUT2D eigenvalue weighted by Crippen LogP contribution is -2.41. The number of aromatic nitrogens is 2. The van der Waals surface area contributed by atoms with Gasteiger partial charge in [0.2, 0.25) is 0 Å². The van der Waals surface area contributed by atoms with E-state index in [0.29, 0.717) is 16.3 Å². The van der Waals surface area contributed by atoms with Crippen LogP contribution in [0.5, 0.6) is 0 Å². The smallest absolute Gasteiger partial charge is 0.318 e. The molecule has 0 bridgehead atoms. The molecule has 0 fully saturated rings. The summed E-state index contributed by atoms with van der Waals surface area (Å²) in [5, 5.41) is 16.6. The number of halogens is 1. The molecule has 2 atom stereocenters. The van der Waals surface area contributed by atoms with Crippen molar-refractivity contribution < 1.29 is 32.3 Å². The Bertz CT molecular complexity index is 1070. The fourth-order valence-electron chi connectivity index (χ4n) is 3.11. The topological polar surface area (TPSA) is 109 Å². The predicted molar refractivity (Wildman–Crippen MR) is 127 cm³/mol. The molecule has 1 aromatic heterocycles. The van der Waals surface area contributed by atoms with Crippen molar-refractivity contribution in [1.82, 2.24) is 9.78 Å². The van der Waals surface area contributed by atoms with E-state index in [2.05, 4.69) is 9.05 Å². The third-order valence-electron chi connectivity index (χ3n) is 4.70. The number of aliphatic hydroxyl groups is 1. The van der Waals surface area contributed by atoms with E-state index in [1.165, 1.54) is 14.2 Å². The fourth-order valence-corrected chi connectivity index (χ4v) is 4.24. The number of rotatable bonds is 12. The zero-order valence-electron chi connectivity index (χ0n) is 18.1. The summed E-state index contributed by atoms with van der Waals surface area (Å²) in [7, 11) is -3.13. The molecule has 0 saturated carbocycles. The van der Waals surface area contributed by atoms with E-state index < -0.39 is 22.1 Å². The minimum Gasteiger partial charge on any atom is -0.385 e. The van der Waals surface area contributed by atoms with E-state index in [-0.39, 0.29) is 19.6 Å². The summed E-state index contributed by atoms with van der Waals surface area (Å²) in [5.74, 6) is 0. The highest BCUT2D eigenvalue weighted by atomic mass is 35.5. The Balaban J connectivity index is 1.98. The van der Waals surface area contributed by atoms with E-state index in [1.54, 1.807) is 23.0 Å². The third kappa shape index (κ3) is 7.34. The second-order valence-corrected chi connectivity index (χ2v) is 10.0. The second-order valence-electron chi connectivity index (χ2n) is 7.18. The van der Waals surface area contributed by atoms with Crippen molar-refractivity contribution >= 4 is 28.1 Å². The summed E-state index contributed by atoms with van der Waals surface area (Å²) in [4.78, 5) is 0. The van der Waals surface area contributed by atoms with Gasteiger partial charge in [-0.25, -0.2) is 4.68 Å². The Morgan fingerprint density at radius 3 is 2.09 bits per heavy atom. The molecule has 2 aromatic carbocycles. The zero-order chi connectivity index (χ0) is 23.8. The van der Waals surface area contributed by atoms with Gasteiger partial charge >= 0.3 is 16.5 Å². The maximum Gasteiger partial charge on any atom is 0.318 e. The molecule has 2 unspecified atom stereocenters. The number of benzene rings is 2. The van der Waals surface area contributed by atoms with E-state index in [9.17, 15) is 14.2 Å². The van der Waals surface area contributed by atoms with E-state index in [4.69, 9.17) is 25.7 Å². The van der Waals surface area contributed by atoms with Crippen molar-refractivity contribution in [1.29, 1.82) is 0 Å². The Hall–Kier alpha value is -1.80. The molecule has 0 saturated heterocycles. The molecule has 9 nitrogen and oxygen atoms in total. The van der Waals surface area contributed by atoms with Crippen molar-refractivity contribution in [2.24, 2.45) is 0 Å². The second kappa shape index (κ2) is 12.1. The highest BCUT2D eigenvalue weighted by Gasteiger charge is 2.32. The first-order chi connectivity index (χ1) is 15.8. The van der Waals surface area contributed by atoms with Crippen molar-refractivity contribution in [3.63, 3.8) is 0 Å².